The third kappa shape index (κ3) is 4.49. The number of anilines is 1. The molecule has 0 atom stereocenters. The first-order valence-corrected chi connectivity index (χ1v) is 13.8. The van der Waals surface area contributed by atoms with Gasteiger partial charge in [0.1, 0.15) is 10.8 Å². The molecule has 10 heteroatoms. The maximum atomic E-state index is 13.5. The number of benzene rings is 1. The van der Waals surface area contributed by atoms with Crippen LogP contribution in [0.4, 0.5) is 5.69 Å². The Hall–Kier alpha value is -2.69. The average Bonchev–Trinajstić information content (AvgIpc) is 3.48. The van der Waals surface area contributed by atoms with Gasteiger partial charge in [-0.3, -0.25) is 4.79 Å². The lowest BCUT2D eigenvalue weighted by atomic mass is 10.1. The Morgan fingerprint density at radius 2 is 1.94 bits per heavy atom. The number of hydrogen-bond donors (Lipinski definition) is 0. The van der Waals surface area contributed by atoms with Gasteiger partial charge in [0.05, 0.1) is 16.2 Å². The van der Waals surface area contributed by atoms with Gasteiger partial charge in [-0.05, 0) is 62.1 Å². The van der Waals surface area contributed by atoms with Crippen LogP contribution in [0.25, 0.3) is 0 Å². The number of sulfonamides is 1. The Labute approximate surface area is 203 Å². The van der Waals surface area contributed by atoms with Gasteiger partial charge in [0.25, 0.3) is 5.91 Å². The van der Waals surface area contributed by atoms with E-state index in [-0.39, 0.29) is 5.91 Å². The van der Waals surface area contributed by atoms with Gasteiger partial charge in [0.2, 0.25) is 10.0 Å². The second-order valence-electron chi connectivity index (χ2n) is 8.54. The van der Waals surface area contributed by atoms with Gasteiger partial charge in [-0.15, -0.1) is 0 Å². The number of piperidine rings is 1. The van der Waals surface area contributed by atoms with Crippen molar-refractivity contribution in [2.45, 2.75) is 48.3 Å². The number of pyridine rings is 1. The Bertz CT molecular complexity index is 1320. The zero-order chi connectivity index (χ0) is 23.7. The van der Waals surface area contributed by atoms with Gasteiger partial charge in [-0.1, -0.05) is 23.3 Å². The predicted octanol–water partition coefficient (Wildman–Crippen LogP) is 4.05. The van der Waals surface area contributed by atoms with Crippen molar-refractivity contribution >= 4 is 33.4 Å². The second kappa shape index (κ2) is 9.52. The summed E-state index contributed by atoms with van der Waals surface area (Å²) < 4.78 is 32.9. The summed E-state index contributed by atoms with van der Waals surface area (Å²) in [5.74, 6) is 1.14. The number of fused-ring (bicyclic) bond motifs is 1. The van der Waals surface area contributed by atoms with E-state index in [1.54, 1.807) is 45.7 Å². The molecule has 2 aliphatic rings. The molecule has 0 aliphatic carbocycles. The number of aromatic nitrogens is 2. The number of carbonyl (C=O) groups is 1. The lowest BCUT2D eigenvalue weighted by Gasteiger charge is -2.26. The number of aryl methyl sites for hydroxylation is 1. The molecule has 8 nitrogen and oxygen atoms in total. The molecule has 0 radical (unpaired) electrons. The van der Waals surface area contributed by atoms with Crippen molar-refractivity contribution < 1.29 is 17.7 Å². The summed E-state index contributed by atoms with van der Waals surface area (Å²) in [5, 5.41) is 4.63. The van der Waals surface area contributed by atoms with E-state index < -0.39 is 10.0 Å². The van der Waals surface area contributed by atoms with Gasteiger partial charge in [-0.25, -0.2) is 13.4 Å². The number of nitrogens with zero attached hydrogens (tertiary/aromatic N) is 4. The molecule has 0 spiro atoms. The van der Waals surface area contributed by atoms with Crippen LogP contribution in [-0.2, 0) is 22.2 Å². The summed E-state index contributed by atoms with van der Waals surface area (Å²) in [6, 6.07) is 10.5. The van der Waals surface area contributed by atoms with Crippen molar-refractivity contribution in [1.29, 1.82) is 0 Å². The number of rotatable bonds is 6. The Kier molecular flexibility index (Phi) is 6.46. The van der Waals surface area contributed by atoms with E-state index in [0.717, 1.165) is 42.0 Å². The molecule has 0 unspecified atom stereocenters. The highest BCUT2D eigenvalue weighted by Gasteiger charge is 2.31. The van der Waals surface area contributed by atoms with E-state index in [2.05, 4.69) is 10.1 Å². The van der Waals surface area contributed by atoms with Crippen LogP contribution in [0.3, 0.4) is 0 Å². The fourth-order valence-electron chi connectivity index (χ4n) is 4.45. The smallest absolute Gasteiger partial charge is 0.261 e. The van der Waals surface area contributed by atoms with Crippen LogP contribution in [0.1, 0.15) is 46.6 Å². The number of thioether (sulfide) groups is 1. The molecule has 178 valence electrons. The van der Waals surface area contributed by atoms with Gasteiger partial charge >= 0.3 is 0 Å². The Morgan fingerprint density at radius 1 is 1.12 bits per heavy atom. The molecule has 0 bridgehead atoms. The number of hydrogen-bond acceptors (Lipinski definition) is 7. The molecular formula is C24H26N4O4S2. The lowest BCUT2D eigenvalue weighted by Crippen LogP contribution is -2.35. The molecule has 5 rings (SSSR count). The molecule has 1 aromatic carbocycles. The molecule has 0 N–H and O–H groups in total. The average molecular weight is 499 g/mol. The third-order valence-electron chi connectivity index (χ3n) is 6.18. The summed E-state index contributed by atoms with van der Waals surface area (Å²) in [6.45, 7) is 3.48. The first-order chi connectivity index (χ1) is 16.4. The Morgan fingerprint density at radius 3 is 2.71 bits per heavy atom. The number of amides is 1. The van der Waals surface area contributed by atoms with E-state index in [1.807, 2.05) is 13.0 Å². The van der Waals surface area contributed by atoms with Crippen LogP contribution in [0.5, 0.6) is 0 Å². The Balaban J connectivity index is 1.36. The first kappa shape index (κ1) is 23.1. The fourth-order valence-corrected chi connectivity index (χ4v) is 6.88. The predicted molar refractivity (Wildman–Crippen MR) is 129 cm³/mol. The maximum Gasteiger partial charge on any atom is 0.261 e. The minimum absolute atomic E-state index is 0.141. The van der Waals surface area contributed by atoms with Crippen LogP contribution < -0.4 is 4.90 Å². The normalized spacial score (nSPS) is 16.6. The molecular weight excluding hydrogens is 472 g/mol. The van der Waals surface area contributed by atoms with E-state index in [9.17, 15) is 13.2 Å². The highest BCUT2D eigenvalue weighted by atomic mass is 32.2. The summed E-state index contributed by atoms with van der Waals surface area (Å²) in [7, 11) is -3.51. The van der Waals surface area contributed by atoms with Crippen LogP contribution >= 0.6 is 11.8 Å². The zero-order valence-corrected chi connectivity index (χ0v) is 20.6. The minimum Gasteiger partial charge on any atom is -0.361 e. The van der Waals surface area contributed by atoms with Gasteiger partial charge in [0, 0.05) is 43.3 Å². The fraction of sp³-hybridized carbons (Fsp3) is 0.375. The monoisotopic (exact) mass is 498 g/mol. The van der Waals surface area contributed by atoms with Crippen LogP contribution in [0.2, 0.25) is 0 Å². The highest BCUT2D eigenvalue weighted by molar-refractivity contribution is 7.98. The van der Waals surface area contributed by atoms with E-state index in [0.29, 0.717) is 47.3 Å². The van der Waals surface area contributed by atoms with Crippen LogP contribution in [0, 0.1) is 6.92 Å². The van der Waals surface area contributed by atoms with E-state index in [1.165, 1.54) is 11.8 Å². The van der Waals surface area contributed by atoms with Gasteiger partial charge in [-0.2, -0.15) is 4.31 Å². The molecule has 1 fully saturated rings. The molecule has 3 aromatic rings. The minimum atomic E-state index is -3.51. The van der Waals surface area contributed by atoms with Crippen LogP contribution in [0.15, 0.2) is 57.0 Å². The molecule has 2 aliphatic heterocycles. The molecule has 0 saturated carbocycles. The van der Waals surface area contributed by atoms with E-state index >= 15 is 0 Å². The van der Waals surface area contributed by atoms with Crippen LogP contribution in [-0.4, -0.2) is 48.4 Å². The van der Waals surface area contributed by atoms with Gasteiger partial charge < -0.3 is 9.42 Å². The maximum absolute atomic E-state index is 13.5. The topological polar surface area (TPSA) is 96.6 Å². The first-order valence-electron chi connectivity index (χ1n) is 11.4. The SMILES string of the molecule is Cc1cc(CSc2ncccc2C(=O)N2CCc3cc(S(=O)(=O)N4CCCCC4)ccc32)no1. The van der Waals surface area contributed by atoms with Crippen molar-refractivity contribution in [3.63, 3.8) is 0 Å². The molecule has 4 heterocycles. The standard InChI is InChI=1S/C24H26N4O4S2/c1-17-14-19(26-32-17)16-33-23-21(6-5-10-25-23)24(29)28-13-9-18-15-20(7-8-22(18)28)34(30,31)27-11-3-2-4-12-27/h5-8,10,14-15H,2-4,9,11-13,16H2,1H3. The largest absolute Gasteiger partial charge is 0.361 e. The summed E-state index contributed by atoms with van der Waals surface area (Å²) in [6.07, 6.45) is 5.15. The van der Waals surface area contributed by atoms with Crippen molar-refractivity contribution in [2.24, 2.45) is 0 Å². The van der Waals surface area contributed by atoms with Crippen molar-refractivity contribution in [1.82, 2.24) is 14.4 Å². The highest BCUT2D eigenvalue weighted by Crippen LogP contribution is 2.34. The summed E-state index contributed by atoms with van der Waals surface area (Å²) >= 11 is 1.44. The molecule has 1 amide bonds. The second-order valence-corrected chi connectivity index (χ2v) is 11.4. The zero-order valence-electron chi connectivity index (χ0n) is 18.9. The third-order valence-corrected chi connectivity index (χ3v) is 9.11. The van der Waals surface area contributed by atoms with Crippen molar-refractivity contribution in [3.8, 4) is 0 Å². The van der Waals surface area contributed by atoms with Crippen molar-refractivity contribution in [2.75, 3.05) is 24.5 Å². The lowest BCUT2D eigenvalue weighted by molar-refractivity contribution is 0.0986. The molecule has 2 aromatic heterocycles. The molecule has 1 saturated heterocycles. The quantitative estimate of drug-likeness (QED) is 0.473. The van der Waals surface area contributed by atoms with E-state index in [4.69, 9.17) is 4.52 Å². The number of carbonyl (C=O) groups excluding carboxylic acids is 1. The summed E-state index contributed by atoms with van der Waals surface area (Å²) in [4.78, 5) is 19.9. The van der Waals surface area contributed by atoms with Crippen molar-refractivity contribution in [3.05, 3.63) is 65.2 Å². The van der Waals surface area contributed by atoms with Gasteiger partial charge in [0.15, 0.2) is 0 Å². The molecule has 34 heavy (non-hydrogen) atoms. The summed E-state index contributed by atoms with van der Waals surface area (Å²) in [5.41, 5.74) is 2.95.